The van der Waals surface area contributed by atoms with Gasteiger partial charge in [-0.2, -0.15) is 0 Å². The van der Waals surface area contributed by atoms with Gasteiger partial charge in [0.25, 0.3) is 0 Å². The number of likely N-dealkylation sites (tertiary alicyclic amines) is 1. The van der Waals surface area contributed by atoms with Gasteiger partial charge in [0.15, 0.2) is 5.78 Å². The van der Waals surface area contributed by atoms with E-state index in [9.17, 15) is 24.3 Å². The molecule has 5 aliphatic carbocycles. The highest BCUT2D eigenvalue weighted by Gasteiger charge is 2.71. The van der Waals surface area contributed by atoms with Crippen molar-refractivity contribution in [3.8, 4) is 0 Å². The highest BCUT2D eigenvalue weighted by atomic mass is 16.6. The molecule has 4 saturated carbocycles. The Morgan fingerprint density at radius 1 is 0.807 bits per heavy atom. The first-order valence-corrected chi connectivity index (χ1v) is 22.2. The summed E-state index contributed by atoms with van der Waals surface area (Å²) in [7, 11) is 0. The SMILES string of the molecule is CC(C)C1=C2C3CCC4[C@@]5(C)CC[C@H](OC(=O)CC(C)(C)C(=O)O)C(C)(C)C5CC[C@@]4(C)[C@]3(C)CC[C@@]2(C(=O)N2C3CCC2CN(C(=O)OC(C)(C)C)C3)CC1=O. The monoisotopic (exact) mass is 793 g/mol. The standard InChI is InChI=1S/C47H72N2O8/c1-27(2)36-31(50)23-47(38(52)49-28-13-14-29(49)26-48(25-28)40(55)57-41(3,4)5)22-21-45(11)30(37(36)47)15-16-33-44(10)19-18-34(56-35(51)24-42(6,7)39(53)54)43(8,9)32(44)17-20-46(33,45)12/h27-30,32-34H,13-26H2,1-12H3,(H,53,54)/t28?,29?,30?,32?,33?,34-,44-,45+,46+,47+/m0/s1. The van der Waals surface area contributed by atoms with Crippen LogP contribution in [0.2, 0.25) is 0 Å². The summed E-state index contributed by atoms with van der Waals surface area (Å²) in [5.41, 5.74) is -0.881. The van der Waals surface area contributed by atoms with Crippen LogP contribution in [0.5, 0.6) is 0 Å². The number of carboxylic acids is 1. The average Bonchev–Trinajstić information content (AvgIpc) is 3.54. The first kappa shape index (κ1) is 42.2. The molecule has 0 aromatic rings. The van der Waals surface area contributed by atoms with Crippen molar-refractivity contribution in [2.75, 3.05) is 13.1 Å². The molecule has 7 rings (SSSR count). The minimum atomic E-state index is -1.18. The molecule has 0 radical (unpaired) electrons. The number of hydrogen-bond donors (Lipinski definition) is 1. The Bertz CT molecular complexity index is 1740. The fourth-order valence-corrected chi connectivity index (χ4v) is 14.7. The lowest BCUT2D eigenvalue weighted by Gasteiger charge is -2.72. The van der Waals surface area contributed by atoms with Crippen molar-refractivity contribution in [2.45, 2.75) is 184 Å². The van der Waals surface area contributed by atoms with Crippen molar-refractivity contribution in [3.63, 3.8) is 0 Å². The maximum absolute atomic E-state index is 15.4. The first-order valence-electron chi connectivity index (χ1n) is 22.2. The molecule has 5 unspecified atom stereocenters. The predicted molar refractivity (Wildman–Crippen MR) is 217 cm³/mol. The largest absolute Gasteiger partial charge is 0.481 e. The van der Waals surface area contributed by atoms with Crippen LogP contribution in [0, 0.1) is 56.2 Å². The minimum absolute atomic E-state index is 0.0136. The topological polar surface area (TPSA) is 131 Å². The Morgan fingerprint density at radius 3 is 2.02 bits per heavy atom. The van der Waals surface area contributed by atoms with Crippen LogP contribution in [-0.2, 0) is 28.7 Å². The number of ether oxygens (including phenoxy) is 2. The number of carbonyl (C=O) groups excluding carboxylic acids is 4. The van der Waals surface area contributed by atoms with Crippen LogP contribution >= 0.6 is 0 Å². The predicted octanol–water partition coefficient (Wildman–Crippen LogP) is 8.99. The van der Waals surface area contributed by atoms with Gasteiger partial charge in [-0.1, -0.05) is 48.5 Å². The number of piperazine rings is 1. The Balaban J connectivity index is 1.16. The molecule has 7 aliphatic rings. The highest BCUT2D eigenvalue weighted by molar-refractivity contribution is 6.07. The number of amides is 2. The molecular weight excluding hydrogens is 721 g/mol. The number of rotatable bonds is 6. The lowest BCUT2D eigenvalue weighted by molar-refractivity contribution is -0.233. The Labute approximate surface area is 341 Å². The van der Waals surface area contributed by atoms with Crippen molar-refractivity contribution < 1.29 is 38.6 Å². The lowest BCUT2D eigenvalue weighted by atomic mass is 9.33. The molecule has 0 spiro atoms. The molecule has 10 nitrogen and oxygen atoms in total. The molecule has 2 aliphatic heterocycles. The molecule has 57 heavy (non-hydrogen) atoms. The van der Waals surface area contributed by atoms with Gasteiger partial charge in [-0.25, -0.2) is 4.79 Å². The fourth-order valence-electron chi connectivity index (χ4n) is 14.7. The van der Waals surface area contributed by atoms with Gasteiger partial charge in [0.2, 0.25) is 5.91 Å². The smallest absolute Gasteiger partial charge is 0.410 e. The van der Waals surface area contributed by atoms with Crippen LogP contribution in [0.3, 0.4) is 0 Å². The Kier molecular flexibility index (Phi) is 10.0. The molecule has 2 saturated heterocycles. The average molecular weight is 793 g/mol. The molecule has 2 amide bonds. The summed E-state index contributed by atoms with van der Waals surface area (Å²) < 4.78 is 11.9. The van der Waals surface area contributed by atoms with E-state index >= 15 is 4.79 Å². The van der Waals surface area contributed by atoms with E-state index in [2.05, 4.69) is 53.4 Å². The van der Waals surface area contributed by atoms with Crippen molar-refractivity contribution in [2.24, 2.45) is 56.2 Å². The Morgan fingerprint density at radius 2 is 1.44 bits per heavy atom. The molecule has 2 bridgehead atoms. The zero-order valence-electron chi connectivity index (χ0n) is 37.1. The van der Waals surface area contributed by atoms with Crippen LogP contribution in [0.25, 0.3) is 0 Å². The van der Waals surface area contributed by atoms with Gasteiger partial charge in [-0.3, -0.25) is 19.2 Å². The Hall–Kier alpha value is -2.91. The second kappa shape index (κ2) is 13.6. The number of esters is 1. The summed E-state index contributed by atoms with van der Waals surface area (Å²) in [6, 6.07) is -0.147. The van der Waals surface area contributed by atoms with Crippen LogP contribution in [0.4, 0.5) is 4.79 Å². The quantitative estimate of drug-likeness (QED) is 0.264. The molecule has 0 aromatic carbocycles. The van der Waals surface area contributed by atoms with Crippen molar-refractivity contribution in [3.05, 3.63) is 11.1 Å². The summed E-state index contributed by atoms with van der Waals surface area (Å²) >= 11 is 0. The summed E-state index contributed by atoms with van der Waals surface area (Å²) in [6.45, 7) is 26.0. The number of aliphatic carboxylic acids is 1. The number of carboxylic acid groups (broad SMARTS) is 1. The van der Waals surface area contributed by atoms with Crippen molar-refractivity contribution >= 4 is 29.7 Å². The molecule has 2 heterocycles. The van der Waals surface area contributed by atoms with E-state index in [1.54, 1.807) is 18.7 Å². The van der Waals surface area contributed by atoms with Gasteiger partial charge in [0, 0.05) is 37.0 Å². The van der Waals surface area contributed by atoms with Crippen LogP contribution < -0.4 is 0 Å². The second-order valence-electron chi connectivity index (χ2n) is 23.0. The van der Waals surface area contributed by atoms with Crippen LogP contribution in [-0.4, -0.2) is 81.5 Å². The zero-order chi connectivity index (χ0) is 42.1. The number of fused-ring (bicyclic) bond motifs is 9. The van der Waals surface area contributed by atoms with Crippen molar-refractivity contribution in [1.29, 1.82) is 0 Å². The van der Waals surface area contributed by atoms with E-state index in [0.717, 1.165) is 63.4 Å². The summed E-state index contributed by atoms with van der Waals surface area (Å²) in [5, 5.41) is 9.65. The van der Waals surface area contributed by atoms with Gasteiger partial charge < -0.3 is 24.4 Å². The fraction of sp³-hybridized carbons (Fsp3) is 0.851. The lowest BCUT2D eigenvalue weighted by Crippen LogP contribution is -2.67. The molecule has 0 aromatic heterocycles. The van der Waals surface area contributed by atoms with Gasteiger partial charge in [-0.15, -0.1) is 0 Å². The maximum Gasteiger partial charge on any atom is 0.410 e. The molecule has 10 atom stereocenters. The third-order valence-electron chi connectivity index (χ3n) is 17.6. The van der Waals surface area contributed by atoms with E-state index in [1.165, 1.54) is 5.57 Å². The number of allylic oxidation sites excluding steroid dienone is 1. The molecule has 318 valence electrons. The van der Waals surface area contributed by atoms with Gasteiger partial charge in [0.05, 0.1) is 17.3 Å². The minimum Gasteiger partial charge on any atom is -0.481 e. The molecular formula is C47H72N2O8. The highest BCUT2D eigenvalue weighted by Crippen LogP contribution is 2.77. The molecule has 10 heteroatoms. The summed E-state index contributed by atoms with van der Waals surface area (Å²) in [4.78, 5) is 71.8. The number of ketones is 1. The van der Waals surface area contributed by atoms with Crippen LogP contribution in [0.15, 0.2) is 11.1 Å². The number of Topliss-reactive ketones (excluding diaryl/α,β-unsaturated/α-hetero) is 1. The number of nitrogens with zero attached hydrogens (tertiary/aromatic N) is 2. The van der Waals surface area contributed by atoms with Gasteiger partial charge in [0.1, 0.15) is 11.7 Å². The number of carbonyl (C=O) groups is 5. The van der Waals surface area contributed by atoms with Crippen molar-refractivity contribution in [1.82, 2.24) is 9.80 Å². The second-order valence-corrected chi connectivity index (χ2v) is 23.0. The first-order chi connectivity index (χ1) is 26.2. The summed E-state index contributed by atoms with van der Waals surface area (Å²) in [5.74, 6) is -0.208. The van der Waals surface area contributed by atoms with E-state index in [4.69, 9.17) is 9.47 Å². The molecule has 1 N–H and O–H groups in total. The zero-order valence-corrected chi connectivity index (χ0v) is 37.1. The normalized spacial score (nSPS) is 39.9. The van der Waals surface area contributed by atoms with E-state index < -0.39 is 28.4 Å². The maximum atomic E-state index is 15.4. The van der Waals surface area contributed by atoms with Gasteiger partial charge >= 0.3 is 18.0 Å². The number of hydrogen-bond acceptors (Lipinski definition) is 7. The summed E-state index contributed by atoms with van der Waals surface area (Å²) in [6.07, 6.45) is 8.56. The van der Waals surface area contributed by atoms with Crippen LogP contribution in [0.1, 0.15) is 160 Å². The molecule has 6 fully saturated rings. The third kappa shape index (κ3) is 6.32. The van der Waals surface area contributed by atoms with E-state index in [0.29, 0.717) is 31.3 Å². The van der Waals surface area contributed by atoms with E-state index in [1.807, 2.05) is 20.8 Å². The van der Waals surface area contributed by atoms with E-state index in [-0.39, 0.29) is 82.3 Å². The van der Waals surface area contributed by atoms with Gasteiger partial charge in [-0.05, 0) is 150 Å². The third-order valence-corrected chi connectivity index (χ3v) is 17.6.